The van der Waals surface area contributed by atoms with Crippen LogP contribution >= 0.6 is 11.6 Å². The van der Waals surface area contributed by atoms with Crippen LogP contribution in [0.5, 0.6) is 0 Å². The highest BCUT2D eigenvalue weighted by Crippen LogP contribution is 2.29. The number of fused-ring (bicyclic) bond motifs is 2. The smallest absolute Gasteiger partial charge is 0.256 e. The zero-order chi connectivity index (χ0) is 12.7. The van der Waals surface area contributed by atoms with E-state index in [-0.39, 0.29) is 17.9 Å². The minimum Gasteiger partial charge on any atom is -0.327 e. The molecule has 1 N–H and O–H groups in total. The molecule has 2 amide bonds. The molecule has 1 atom stereocenters. The lowest BCUT2D eigenvalue weighted by Gasteiger charge is -2.32. The standard InChI is InChI=1S/C13H13ClN2O2/c14-8-4-5-9-10(7-8)15-12(17)11-3-1-2-6-16(11)13(9)18/h4-5,7,11H,1-3,6H2,(H,15,17). The van der Waals surface area contributed by atoms with Crippen molar-refractivity contribution in [3.05, 3.63) is 28.8 Å². The molecule has 1 fully saturated rings. The van der Waals surface area contributed by atoms with Crippen molar-refractivity contribution in [2.75, 3.05) is 11.9 Å². The molecule has 18 heavy (non-hydrogen) atoms. The number of carbonyl (C=O) groups is 2. The summed E-state index contributed by atoms with van der Waals surface area (Å²) >= 11 is 5.90. The molecule has 2 aliphatic heterocycles. The first-order valence-electron chi connectivity index (χ1n) is 6.08. The van der Waals surface area contributed by atoms with Crippen LogP contribution in [0.3, 0.4) is 0 Å². The second-order valence-corrected chi connectivity index (χ2v) is 5.13. The molecule has 94 valence electrons. The normalized spacial score (nSPS) is 22.9. The summed E-state index contributed by atoms with van der Waals surface area (Å²) in [6.45, 7) is 0.652. The van der Waals surface area contributed by atoms with E-state index < -0.39 is 0 Å². The van der Waals surface area contributed by atoms with Crippen molar-refractivity contribution in [1.29, 1.82) is 0 Å². The van der Waals surface area contributed by atoms with Crippen molar-refractivity contribution in [1.82, 2.24) is 4.90 Å². The molecule has 0 aliphatic carbocycles. The Bertz CT molecular complexity index is 530. The summed E-state index contributed by atoms with van der Waals surface area (Å²) in [5.41, 5.74) is 1.05. The lowest BCUT2D eigenvalue weighted by Crippen LogP contribution is -2.47. The van der Waals surface area contributed by atoms with E-state index in [1.54, 1.807) is 23.1 Å². The van der Waals surface area contributed by atoms with E-state index in [9.17, 15) is 9.59 Å². The Morgan fingerprint density at radius 1 is 1.28 bits per heavy atom. The average molecular weight is 265 g/mol. The van der Waals surface area contributed by atoms with Gasteiger partial charge in [0.05, 0.1) is 11.3 Å². The van der Waals surface area contributed by atoms with Crippen molar-refractivity contribution in [3.63, 3.8) is 0 Å². The van der Waals surface area contributed by atoms with E-state index in [0.717, 1.165) is 19.3 Å². The van der Waals surface area contributed by atoms with Crippen LogP contribution < -0.4 is 5.32 Å². The predicted molar refractivity (Wildman–Crippen MR) is 68.8 cm³/mol. The minimum absolute atomic E-state index is 0.0790. The van der Waals surface area contributed by atoms with Crippen LogP contribution in [0, 0.1) is 0 Å². The van der Waals surface area contributed by atoms with E-state index in [1.165, 1.54) is 0 Å². The van der Waals surface area contributed by atoms with E-state index in [2.05, 4.69) is 5.32 Å². The Balaban J connectivity index is 2.08. The molecule has 0 aromatic heterocycles. The molecule has 5 heteroatoms. The zero-order valence-corrected chi connectivity index (χ0v) is 10.5. The van der Waals surface area contributed by atoms with Gasteiger partial charge >= 0.3 is 0 Å². The highest BCUT2D eigenvalue weighted by atomic mass is 35.5. The number of piperidine rings is 1. The van der Waals surface area contributed by atoms with Crippen molar-refractivity contribution in [3.8, 4) is 0 Å². The Labute approximate surface area is 110 Å². The summed E-state index contributed by atoms with van der Waals surface area (Å²) in [4.78, 5) is 26.2. The maximum atomic E-state index is 12.4. The molecule has 1 saturated heterocycles. The second-order valence-electron chi connectivity index (χ2n) is 4.69. The van der Waals surface area contributed by atoms with Crippen molar-refractivity contribution < 1.29 is 9.59 Å². The van der Waals surface area contributed by atoms with E-state index in [0.29, 0.717) is 22.8 Å². The molecule has 1 unspecified atom stereocenters. The summed E-state index contributed by atoms with van der Waals surface area (Å²) in [6, 6.07) is 4.65. The molecular weight excluding hydrogens is 252 g/mol. The number of halogens is 1. The van der Waals surface area contributed by atoms with Gasteiger partial charge in [-0.2, -0.15) is 0 Å². The number of carbonyl (C=O) groups excluding carboxylic acids is 2. The fourth-order valence-electron chi connectivity index (χ4n) is 2.62. The van der Waals surface area contributed by atoms with Gasteiger partial charge in [-0.05, 0) is 37.5 Å². The van der Waals surface area contributed by atoms with Crippen LogP contribution in [0.25, 0.3) is 0 Å². The van der Waals surface area contributed by atoms with Gasteiger partial charge in [0.1, 0.15) is 6.04 Å². The number of rotatable bonds is 0. The first kappa shape index (κ1) is 11.5. The number of anilines is 1. The number of hydrogen-bond acceptors (Lipinski definition) is 2. The van der Waals surface area contributed by atoms with Crippen LogP contribution in [0.4, 0.5) is 5.69 Å². The Morgan fingerprint density at radius 3 is 2.94 bits per heavy atom. The summed E-state index contributed by atoms with van der Waals surface area (Å²) in [6.07, 6.45) is 2.68. The largest absolute Gasteiger partial charge is 0.327 e. The molecule has 0 bridgehead atoms. The van der Waals surface area contributed by atoms with Crippen LogP contribution in [0.2, 0.25) is 5.02 Å². The molecule has 4 nitrogen and oxygen atoms in total. The highest BCUT2D eigenvalue weighted by molar-refractivity contribution is 6.31. The number of amides is 2. The number of benzene rings is 1. The number of nitrogens with one attached hydrogen (secondary N) is 1. The molecule has 0 radical (unpaired) electrons. The summed E-state index contributed by atoms with van der Waals surface area (Å²) in [7, 11) is 0. The maximum absolute atomic E-state index is 12.4. The monoisotopic (exact) mass is 264 g/mol. The van der Waals surface area contributed by atoms with Crippen LogP contribution in [0.1, 0.15) is 29.6 Å². The predicted octanol–water partition coefficient (Wildman–Crippen LogP) is 2.29. The molecule has 2 aliphatic rings. The quantitative estimate of drug-likeness (QED) is 0.782. The third kappa shape index (κ3) is 1.77. The van der Waals surface area contributed by atoms with Gasteiger partial charge in [0.2, 0.25) is 5.91 Å². The topological polar surface area (TPSA) is 49.4 Å². The van der Waals surface area contributed by atoms with E-state index >= 15 is 0 Å². The summed E-state index contributed by atoms with van der Waals surface area (Å²) < 4.78 is 0. The fraction of sp³-hybridized carbons (Fsp3) is 0.385. The van der Waals surface area contributed by atoms with Crippen LogP contribution in [-0.2, 0) is 4.79 Å². The second kappa shape index (κ2) is 4.28. The fourth-order valence-corrected chi connectivity index (χ4v) is 2.80. The van der Waals surface area contributed by atoms with Gasteiger partial charge in [-0.3, -0.25) is 9.59 Å². The molecular formula is C13H13ClN2O2. The average Bonchev–Trinajstić information content (AvgIpc) is 2.47. The van der Waals surface area contributed by atoms with Gasteiger partial charge in [-0.25, -0.2) is 0 Å². The molecule has 3 rings (SSSR count). The molecule has 1 aromatic carbocycles. The Hall–Kier alpha value is -1.55. The van der Waals surface area contributed by atoms with E-state index in [1.807, 2.05) is 0 Å². The molecule has 2 heterocycles. The van der Waals surface area contributed by atoms with Crippen molar-refractivity contribution in [2.24, 2.45) is 0 Å². The Morgan fingerprint density at radius 2 is 2.11 bits per heavy atom. The zero-order valence-electron chi connectivity index (χ0n) is 9.78. The SMILES string of the molecule is O=C1Nc2cc(Cl)ccc2C(=O)N2CCCCC12. The minimum atomic E-state index is -0.336. The third-order valence-electron chi connectivity index (χ3n) is 3.54. The van der Waals surface area contributed by atoms with Crippen LogP contribution in [-0.4, -0.2) is 29.3 Å². The summed E-state index contributed by atoms with van der Waals surface area (Å²) in [5, 5.41) is 3.32. The van der Waals surface area contributed by atoms with Gasteiger partial charge in [0, 0.05) is 11.6 Å². The van der Waals surface area contributed by atoms with Crippen LogP contribution in [0.15, 0.2) is 18.2 Å². The lowest BCUT2D eigenvalue weighted by molar-refractivity contribution is -0.121. The van der Waals surface area contributed by atoms with Gasteiger partial charge in [0.25, 0.3) is 5.91 Å². The van der Waals surface area contributed by atoms with Gasteiger partial charge in [-0.1, -0.05) is 11.6 Å². The highest BCUT2D eigenvalue weighted by Gasteiger charge is 2.36. The van der Waals surface area contributed by atoms with Gasteiger partial charge in [-0.15, -0.1) is 0 Å². The van der Waals surface area contributed by atoms with Gasteiger partial charge in [0.15, 0.2) is 0 Å². The molecule has 1 aromatic rings. The molecule has 0 saturated carbocycles. The molecule has 0 spiro atoms. The third-order valence-corrected chi connectivity index (χ3v) is 3.77. The van der Waals surface area contributed by atoms with Crippen molar-refractivity contribution >= 4 is 29.1 Å². The first-order valence-corrected chi connectivity index (χ1v) is 6.46. The summed E-state index contributed by atoms with van der Waals surface area (Å²) in [5.74, 6) is -0.186. The van der Waals surface area contributed by atoms with E-state index in [4.69, 9.17) is 11.6 Å². The van der Waals surface area contributed by atoms with Crippen molar-refractivity contribution in [2.45, 2.75) is 25.3 Å². The lowest BCUT2D eigenvalue weighted by atomic mass is 10.0. The Kier molecular flexibility index (Phi) is 2.74. The van der Waals surface area contributed by atoms with Gasteiger partial charge < -0.3 is 10.2 Å². The first-order chi connectivity index (χ1) is 8.66. The number of hydrogen-bond donors (Lipinski definition) is 1. The maximum Gasteiger partial charge on any atom is 0.256 e. The number of nitrogens with zero attached hydrogens (tertiary/aromatic N) is 1.